The molecule has 25 heavy (non-hydrogen) atoms. The van der Waals surface area contributed by atoms with E-state index in [4.69, 9.17) is 4.74 Å². The highest BCUT2D eigenvalue weighted by Crippen LogP contribution is 2.64. The largest absolute Gasteiger partial charge is 0.455 e. The number of fused-ring (bicyclic) bond motifs is 5. The Balaban J connectivity index is 1.65. The highest BCUT2D eigenvalue weighted by molar-refractivity contribution is 5.93. The van der Waals surface area contributed by atoms with Gasteiger partial charge in [0.25, 0.3) is 0 Å². The van der Waals surface area contributed by atoms with Crippen molar-refractivity contribution >= 4 is 17.5 Å². The number of Topliss-reactive ketones (excluding diaryl/α,β-unsaturated/α-hetero) is 1. The molecule has 3 saturated carbocycles. The number of carbonyl (C=O) groups is 3. The van der Waals surface area contributed by atoms with Crippen molar-refractivity contribution in [1.29, 1.82) is 0 Å². The van der Waals surface area contributed by atoms with Gasteiger partial charge in [-0.3, -0.25) is 14.4 Å². The number of carbonyl (C=O) groups excluding carboxylic acids is 3. The molecule has 4 aliphatic rings. The van der Waals surface area contributed by atoms with Crippen molar-refractivity contribution in [3.63, 3.8) is 0 Å². The second-order valence-corrected chi connectivity index (χ2v) is 9.12. The fourth-order valence-corrected chi connectivity index (χ4v) is 6.63. The summed E-state index contributed by atoms with van der Waals surface area (Å²) in [6.45, 7) is 5.82. The SMILES string of the molecule is CC(=O)OC1CC2C3CCC4=CC(=O)CCC4(C)C3CCC2(C)C1=O. The maximum atomic E-state index is 12.9. The fourth-order valence-electron chi connectivity index (χ4n) is 6.63. The van der Waals surface area contributed by atoms with E-state index in [0.29, 0.717) is 30.6 Å². The van der Waals surface area contributed by atoms with Crippen molar-refractivity contribution in [3.05, 3.63) is 11.6 Å². The molecule has 0 bridgehead atoms. The first kappa shape index (κ1) is 17.0. The highest BCUT2D eigenvalue weighted by Gasteiger charge is 2.62. The highest BCUT2D eigenvalue weighted by atomic mass is 16.5. The molecule has 0 aromatic carbocycles. The minimum atomic E-state index is -0.552. The molecule has 0 N–H and O–H groups in total. The number of ether oxygens (including phenoxy) is 1. The monoisotopic (exact) mass is 344 g/mol. The first-order valence-corrected chi connectivity index (χ1v) is 9.71. The second kappa shape index (κ2) is 5.52. The van der Waals surface area contributed by atoms with Crippen molar-refractivity contribution in [2.24, 2.45) is 28.6 Å². The number of rotatable bonds is 1. The predicted octanol–water partition coefficient (Wildman–Crippen LogP) is 3.63. The summed E-state index contributed by atoms with van der Waals surface area (Å²) in [6, 6.07) is 0. The van der Waals surface area contributed by atoms with Crippen molar-refractivity contribution in [2.45, 2.75) is 71.8 Å². The van der Waals surface area contributed by atoms with Crippen molar-refractivity contribution < 1.29 is 19.1 Å². The van der Waals surface area contributed by atoms with Gasteiger partial charge in [-0.1, -0.05) is 19.4 Å². The first-order valence-electron chi connectivity index (χ1n) is 9.71. The van der Waals surface area contributed by atoms with Crippen LogP contribution in [0.4, 0.5) is 0 Å². The maximum Gasteiger partial charge on any atom is 0.303 e. The molecule has 0 aromatic heterocycles. The Morgan fingerprint density at radius 3 is 2.56 bits per heavy atom. The van der Waals surface area contributed by atoms with Crippen LogP contribution in [0.15, 0.2) is 11.6 Å². The molecule has 4 rings (SSSR count). The van der Waals surface area contributed by atoms with Gasteiger partial charge in [0.2, 0.25) is 0 Å². The van der Waals surface area contributed by atoms with Gasteiger partial charge in [-0.25, -0.2) is 0 Å². The summed E-state index contributed by atoms with van der Waals surface area (Å²) in [4.78, 5) is 36.2. The number of ketones is 2. The number of hydrogen-bond donors (Lipinski definition) is 0. The third-order valence-corrected chi connectivity index (χ3v) is 7.98. The third kappa shape index (κ3) is 2.36. The molecule has 0 aliphatic heterocycles. The van der Waals surface area contributed by atoms with E-state index in [1.807, 2.05) is 6.08 Å². The number of esters is 1. The maximum absolute atomic E-state index is 12.9. The standard InChI is InChI=1S/C21H28O4/c1-12(22)25-18-11-17-15-5-4-13-10-14(23)6-8-20(13,2)16(15)7-9-21(17,3)19(18)24/h10,15-18H,4-9,11H2,1-3H3. The van der Waals surface area contributed by atoms with Crippen LogP contribution >= 0.6 is 0 Å². The van der Waals surface area contributed by atoms with Crippen LogP contribution in [0.3, 0.4) is 0 Å². The topological polar surface area (TPSA) is 60.4 Å². The van der Waals surface area contributed by atoms with Crippen LogP contribution in [-0.2, 0) is 19.1 Å². The Morgan fingerprint density at radius 2 is 1.84 bits per heavy atom. The Kier molecular flexibility index (Phi) is 3.75. The number of allylic oxidation sites excluding steroid dienone is 1. The summed E-state index contributed by atoms with van der Waals surface area (Å²) in [5, 5.41) is 0. The zero-order valence-electron chi connectivity index (χ0n) is 15.5. The van der Waals surface area contributed by atoms with E-state index in [9.17, 15) is 14.4 Å². The molecule has 0 spiro atoms. The Hall–Kier alpha value is -1.45. The summed E-state index contributed by atoms with van der Waals surface area (Å²) < 4.78 is 5.36. The van der Waals surface area contributed by atoms with Crippen LogP contribution in [0.5, 0.6) is 0 Å². The van der Waals surface area contributed by atoms with Gasteiger partial charge in [-0.2, -0.15) is 0 Å². The van der Waals surface area contributed by atoms with Crippen LogP contribution in [-0.4, -0.2) is 23.6 Å². The zero-order chi connectivity index (χ0) is 18.0. The zero-order valence-corrected chi connectivity index (χ0v) is 15.5. The normalized spacial score (nSPS) is 46.0. The van der Waals surface area contributed by atoms with Crippen LogP contribution in [0.25, 0.3) is 0 Å². The van der Waals surface area contributed by atoms with Gasteiger partial charge in [0.1, 0.15) is 0 Å². The molecular weight excluding hydrogens is 316 g/mol. The lowest BCUT2D eigenvalue weighted by molar-refractivity contribution is -0.153. The van der Waals surface area contributed by atoms with Gasteiger partial charge in [0, 0.05) is 18.8 Å². The Bertz CT molecular complexity index is 677. The number of hydrogen-bond acceptors (Lipinski definition) is 4. The summed E-state index contributed by atoms with van der Waals surface area (Å²) in [5.41, 5.74) is 1.11. The van der Waals surface area contributed by atoms with E-state index < -0.39 is 6.10 Å². The van der Waals surface area contributed by atoms with Crippen LogP contribution < -0.4 is 0 Å². The minimum absolute atomic E-state index is 0.112. The lowest BCUT2D eigenvalue weighted by Crippen LogP contribution is -2.50. The van der Waals surface area contributed by atoms with Gasteiger partial charge in [0.15, 0.2) is 17.7 Å². The van der Waals surface area contributed by atoms with E-state index in [1.54, 1.807) is 0 Å². The Labute approximate surface area is 149 Å². The molecule has 0 amide bonds. The van der Waals surface area contributed by atoms with Gasteiger partial charge in [0.05, 0.1) is 0 Å². The first-order chi connectivity index (χ1) is 11.8. The molecule has 6 unspecified atom stereocenters. The molecule has 4 aliphatic carbocycles. The van der Waals surface area contributed by atoms with E-state index in [-0.39, 0.29) is 28.4 Å². The van der Waals surface area contributed by atoms with Gasteiger partial charge in [-0.05, 0) is 67.8 Å². The van der Waals surface area contributed by atoms with Crippen molar-refractivity contribution in [3.8, 4) is 0 Å². The smallest absolute Gasteiger partial charge is 0.303 e. The predicted molar refractivity (Wildman–Crippen MR) is 92.7 cm³/mol. The van der Waals surface area contributed by atoms with E-state index >= 15 is 0 Å². The van der Waals surface area contributed by atoms with Crippen LogP contribution in [0.2, 0.25) is 0 Å². The fraction of sp³-hybridized carbons (Fsp3) is 0.762. The second-order valence-electron chi connectivity index (χ2n) is 9.12. The molecule has 4 heteroatoms. The molecule has 3 fully saturated rings. The van der Waals surface area contributed by atoms with E-state index in [1.165, 1.54) is 12.5 Å². The van der Waals surface area contributed by atoms with E-state index in [0.717, 1.165) is 32.1 Å². The molecule has 0 saturated heterocycles. The van der Waals surface area contributed by atoms with Crippen molar-refractivity contribution in [2.75, 3.05) is 0 Å². The summed E-state index contributed by atoms with van der Waals surface area (Å²) in [5.74, 6) is 1.40. The quantitative estimate of drug-likeness (QED) is 0.682. The molecule has 0 heterocycles. The molecule has 136 valence electrons. The van der Waals surface area contributed by atoms with Gasteiger partial charge >= 0.3 is 5.97 Å². The molecular formula is C21H28O4. The molecule has 4 nitrogen and oxygen atoms in total. The lowest BCUT2D eigenvalue weighted by Gasteiger charge is -2.56. The van der Waals surface area contributed by atoms with Gasteiger partial charge in [-0.15, -0.1) is 0 Å². The minimum Gasteiger partial charge on any atom is -0.455 e. The molecule has 0 aromatic rings. The van der Waals surface area contributed by atoms with E-state index in [2.05, 4.69) is 13.8 Å². The average molecular weight is 344 g/mol. The lowest BCUT2D eigenvalue weighted by atomic mass is 9.47. The van der Waals surface area contributed by atoms with Crippen LogP contribution in [0.1, 0.15) is 65.7 Å². The Morgan fingerprint density at radius 1 is 1.08 bits per heavy atom. The van der Waals surface area contributed by atoms with Crippen LogP contribution in [0, 0.1) is 28.6 Å². The van der Waals surface area contributed by atoms with Gasteiger partial charge < -0.3 is 4.74 Å². The summed E-state index contributed by atoms with van der Waals surface area (Å²) in [7, 11) is 0. The van der Waals surface area contributed by atoms with Crippen molar-refractivity contribution in [1.82, 2.24) is 0 Å². The summed E-state index contributed by atoms with van der Waals surface area (Å²) in [6.07, 6.45) is 7.60. The summed E-state index contributed by atoms with van der Waals surface area (Å²) >= 11 is 0. The third-order valence-electron chi connectivity index (χ3n) is 7.98. The molecule has 0 radical (unpaired) electrons. The average Bonchev–Trinajstić information content (AvgIpc) is 2.79. The molecule has 6 atom stereocenters.